The predicted octanol–water partition coefficient (Wildman–Crippen LogP) is 2.75. The average Bonchev–Trinajstić information content (AvgIpc) is 3.19. The van der Waals surface area contributed by atoms with Gasteiger partial charge in [-0.05, 0) is 44.2 Å². The van der Waals surface area contributed by atoms with Crippen LogP contribution in [0.5, 0.6) is 0 Å². The van der Waals surface area contributed by atoms with E-state index in [0.29, 0.717) is 28.6 Å². The lowest BCUT2D eigenvalue weighted by atomic mass is 10.1. The quantitative estimate of drug-likeness (QED) is 0.423. The Balaban J connectivity index is 1.56. The maximum absolute atomic E-state index is 12.8. The van der Waals surface area contributed by atoms with Gasteiger partial charge in [-0.15, -0.1) is 0 Å². The summed E-state index contributed by atoms with van der Waals surface area (Å²) in [4.78, 5) is 37.9. The molecule has 0 bridgehead atoms. The van der Waals surface area contributed by atoms with Gasteiger partial charge >= 0.3 is 0 Å². The number of aromatic nitrogens is 4. The molecule has 2 heterocycles. The molecule has 2 N–H and O–H groups in total. The third kappa shape index (κ3) is 3.92. The lowest BCUT2D eigenvalue weighted by Crippen LogP contribution is -2.43. The van der Waals surface area contributed by atoms with E-state index in [4.69, 9.17) is 0 Å². The maximum Gasteiger partial charge on any atom is 0.290 e. The van der Waals surface area contributed by atoms with Crippen molar-refractivity contribution in [1.82, 2.24) is 30.4 Å². The van der Waals surface area contributed by atoms with E-state index < -0.39 is 11.8 Å². The standard InChI is InChI=1S/C22H19BrN6O3/c1-3-28-22(32)17-7-5-4-6-16(17)19(27-28)21(31)26-25-20(30)18-12-24-29(13(18)2)15-10-8-14(23)9-11-15/h4-12H,3H2,1-2H3,(H,25,30)(H,26,31). The molecule has 0 saturated heterocycles. The molecular weight excluding hydrogens is 476 g/mol. The highest BCUT2D eigenvalue weighted by Crippen LogP contribution is 2.17. The molecule has 0 unspecified atom stereocenters. The molecule has 0 aliphatic heterocycles. The summed E-state index contributed by atoms with van der Waals surface area (Å²) in [5, 5.41) is 9.22. The maximum atomic E-state index is 12.8. The van der Waals surface area contributed by atoms with Crippen LogP contribution in [0.25, 0.3) is 16.5 Å². The number of rotatable bonds is 4. The van der Waals surface area contributed by atoms with Crippen molar-refractivity contribution in [3.8, 4) is 5.69 Å². The summed E-state index contributed by atoms with van der Waals surface area (Å²) in [5.74, 6) is -1.15. The van der Waals surface area contributed by atoms with Crippen molar-refractivity contribution in [2.75, 3.05) is 0 Å². The van der Waals surface area contributed by atoms with Crippen LogP contribution in [0.4, 0.5) is 0 Å². The zero-order chi connectivity index (χ0) is 22.8. The Labute approximate surface area is 191 Å². The summed E-state index contributed by atoms with van der Waals surface area (Å²) >= 11 is 3.39. The molecule has 0 aliphatic carbocycles. The summed E-state index contributed by atoms with van der Waals surface area (Å²) in [6.45, 7) is 3.83. The topological polar surface area (TPSA) is 111 Å². The average molecular weight is 495 g/mol. The Morgan fingerprint density at radius 1 is 1.00 bits per heavy atom. The van der Waals surface area contributed by atoms with E-state index in [2.05, 4.69) is 37.0 Å². The van der Waals surface area contributed by atoms with Crippen LogP contribution in [0.3, 0.4) is 0 Å². The number of nitrogens with zero attached hydrogens (tertiary/aromatic N) is 4. The fourth-order valence-electron chi connectivity index (χ4n) is 3.33. The molecule has 2 amide bonds. The number of benzene rings is 2. The highest BCUT2D eigenvalue weighted by atomic mass is 79.9. The van der Waals surface area contributed by atoms with Gasteiger partial charge in [-0.3, -0.25) is 25.2 Å². The number of carbonyl (C=O) groups excluding carboxylic acids is 2. The van der Waals surface area contributed by atoms with Gasteiger partial charge in [0.05, 0.1) is 28.5 Å². The number of hydrogen-bond acceptors (Lipinski definition) is 5. The van der Waals surface area contributed by atoms with Crippen molar-refractivity contribution in [1.29, 1.82) is 0 Å². The van der Waals surface area contributed by atoms with Gasteiger partial charge in [0.25, 0.3) is 17.4 Å². The van der Waals surface area contributed by atoms with Gasteiger partial charge < -0.3 is 0 Å². The number of halogens is 1. The van der Waals surface area contributed by atoms with Gasteiger partial charge in [-0.25, -0.2) is 9.36 Å². The summed E-state index contributed by atoms with van der Waals surface area (Å²) in [7, 11) is 0. The van der Waals surface area contributed by atoms with Crippen LogP contribution >= 0.6 is 15.9 Å². The van der Waals surface area contributed by atoms with Gasteiger partial charge in [-0.1, -0.05) is 34.1 Å². The first-order valence-corrected chi connectivity index (χ1v) is 10.6. The molecule has 0 aliphatic rings. The molecule has 162 valence electrons. The number of amides is 2. The van der Waals surface area contributed by atoms with Crippen LogP contribution in [0.15, 0.2) is 64.0 Å². The SMILES string of the molecule is CCn1nc(C(=O)NNC(=O)c2cnn(-c3ccc(Br)cc3)c2C)c2ccccc2c1=O. The minimum atomic E-state index is -0.630. The first kappa shape index (κ1) is 21.4. The Bertz CT molecular complexity index is 1390. The monoisotopic (exact) mass is 494 g/mol. The van der Waals surface area contributed by atoms with E-state index in [1.165, 1.54) is 10.9 Å². The molecular formula is C22H19BrN6O3. The van der Waals surface area contributed by atoms with Crippen LogP contribution in [0.2, 0.25) is 0 Å². The second-order valence-electron chi connectivity index (χ2n) is 6.96. The molecule has 9 nitrogen and oxygen atoms in total. The van der Waals surface area contributed by atoms with Crippen molar-refractivity contribution in [2.24, 2.45) is 0 Å². The second-order valence-corrected chi connectivity index (χ2v) is 7.87. The van der Waals surface area contributed by atoms with Gasteiger partial charge in [0.15, 0.2) is 5.69 Å². The number of hydrazine groups is 1. The first-order chi connectivity index (χ1) is 15.4. The van der Waals surface area contributed by atoms with E-state index >= 15 is 0 Å². The number of nitrogens with one attached hydrogen (secondary N) is 2. The van der Waals surface area contributed by atoms with Gasteiger partial charge in [0.2, 0.25) is 0 Å². The van der Waals surface area contributed by atoms with Crippen LogP contribution < -0.4 is 16.4 Å². The predicted molar refractivity (Wildman–Crippen MR) is 123 cm³/mol. The van der Waals surface area contributed by atoms with Crippen molar-refractivity contribution in [3.05, 3.63) is 86.5 Å². The lowest BCUT2D eigenvalue weighted by molar-refractivity contribution is 0.0843. The molecule has 2 aromatic carbocycles. The summed E-state index contributed by atoms with van der Waals surface area (Å²) < 4.78 is 3.78. The van der Waals surface area contributed by atoms with E-state index in [9.17, 15) is 14.4 Å². The van der Waals surface area contributed by atoms with Crippen molar-refractivity contribution < 1.29 is 9.59 Å². The second kappa shape index (κ2) is 8.75. The summed E-state index contributed by atoms with van der Waals surface area (Å²) in [6, 6.07) is 14.2. The minimum absolute atomic E-state index is 0.0460. The Morgan fingerprint density at radius 3 is 2.34 bits per heavy atom. The van der Waals surface area contributed by atoms with Crippen molar-refractivity contribution >= 4 is 38.5 Å². The molecule has 0 fully saturated rings. The lowest BCUT2D eigenvalue weighted by Gasteiger charge is -2.11. The summed E-state index contributed by atoms with van der Waals surface area (Å²) in [6.07, 6.45) is 1.43. The van der Waals surface area contributed by atoms with E-state index in [-0.39, 0.29) is 11.3 Å². The largest absolute Gasteiger partial charge is 0.290 e. The van der Waals surface area contributed by atoms with Gasteiger partial charge in [-0.2, -0.15) is 10.2 Å². The van der Waals surface area contributed by atoms with E-state index in [1.807, 2.05) is 24.3 Å². The molecule has 10 heteroatoms. The molecule has 0 saturated carbocycles. The van der Waals surface area contributed by atoms with Crippen molar-refractivity contribution in [3.63, 3.8) is 0 Å². The summed E-state index contributed by atoms with van der Waals surface area (Å²) in [5.41, 5.74) is 6.27. The fraction of sp³-hybridized carbons (Fsp3) is 0.136. The van der Waals surface area contributed by atoms with Crippen LogP contribution in [0.1, 0.15) is 33.5 Å². The smallest absolute Gasteiger partial charge is 0.267 e. The zero-order valence-corrected chi connectivity index (χ0v) is 18.9. The number of hydrogen-bond donors (Lipinski definition) is 2. The molecule has 4 aromatic rings. The third-order valence-electron chi connectivity index (χ3n) is 5.00. The number of carbonyl (C=O) groups is 2. The van der Waals surface area contributed by atoms with E-state index in [1.54, 1.807) is 42.8 Å². The zero-order valence-electron chi connectivity index (χ0n) is 17.3. The van der Waals surface area contributed by atoms with Crippen molar-refractivity contribution in [2.45, 2.75) is 20.4 Å². The minimum Gasteiger partial charge on any atom is -0.267 e. The highest BCUT2D eigenvalue weighted by molar-refractivity contribution is 9.10. The Kier molecular flexibility index (Phi) is 5.87. The number of fused-ring (bicyclic) bond motifs is 1. The Hall–Kier alpha value is -3.79. The van der Waals surface area contributed by atoms with Gasteiger partial charge in [0.1, 0.15) is 0 Å². The fourth-order valence-corrected chi connectivity index (χ4v) is 3.60. The van der Waals surface area contributed by atoms with Crippen LogP contribution in [-0.4, -0.2) is 31.4 Å². The van der Waals surface area contributed by atoms with Gasteiger partial charge in [0, 0.05) is 16.4 Å². The Morgan fingerprint density at radius 2 is 1.66 bits per heavy atom. The molecule has 4 rings (SSSR count). The molecule has 0 spiro atoms. The molecule has 0 atom stereocenters. The van der Waals surface area contributed by atoms with E-state index in [0.717, 1.165) is 10.2 Å². The van der Waals surface area contributed by atoms with Crippen LogP contribution in [0, 0.1) is 6.92 Å². The molecule has 2 aromatic heterocycles. The third-order valence-corrected chi connectivity index (χ3v) is 5.53. The van der Waals surface area contributed by atoms with Crippen LogP contribution in [-0.2, 0) is 6.54 Å². The highest BCUT2D eigenvalue weighted by Gasteiger charge is 2.19. The molecule has 32 heavy (non-hydrogen) atoms. The first-order valence-electron chi connectivity index (χ1n) is 9.81. The normalized spacial score (nSPS) is 10.8. The molecule has 0 radical (unpaired) electrons. The number of aryl methyl sites for hydroxylation is 1.